The molecule has 0 aliphatic carbocycles. The summed E-state index contributed by atoms with van der Waals surface area (Å²) < 4.78 is 25.3. The Morgan fingerprint density at radius 1 is 1.32 bits per heavy atom. The van der Waals surface area contributed by atoms with Crippen LogP contribution in [0.1, 0.15) is 6.42 Å². The van der Waals surface area contributed by atoms with Crippen LogP contribution in [0.3, 0.4) is 0 Å². The molecule has 0 amide bonds. The maximum atomic E-state index is 11.6. The highest BCUT2D eigenvalue weighted by atomic mass is 32.2. The SMILES string of the molecule is Cn1c(N2CCC(S(C)(=O)=O)C2)nc2ccccc21. The number of anilines is 1. The van der Waals surface area contributed by atoms with Crippen LogP contribution in [0.4, 0.5) is 5.95 Å². The summed E-state index contributed by atoms with van der Waals surface area (Å²) in [5.74, 6) is 0.854. The van der Waals surface area contributed by atoms with Crippen molar-refractivity contribution in [2.75, 3.05) is 24.2 Å². The van der Waals surface area contributed by atoms with E-state index < -0.39 is 9.84 Å². The van der Waals surface area contributed by atoms with Gasteiger partial charge in [-0.1, -0.05) is 12.1 Å². The normalized spacial score (nSPS) is 20.3. The highest BCUT2D eigenvalue weighted by Crippen LogP contribution is 2.26. The van der Waals surface area contributed by atoms with Crippen molar-refractivity contribution in [2.24, 2.45) is 7.05 Å². The molecule has 0 radical (unpaired) electrons. The van der Waals surface area contributed by atoms with Gasteiger partial charge < -0.3 is 9.47 Å². The van der Waals surface area contributed by atoms with E-state index in [4.69, 9.17) is 0 Å². The molecule has 5 nitrogen and oxygen atoms in total. The second kappa shape index (κ2) is 4.23. The molecule has 1 saturated heterocycles. The molecular formula is C13H17N3O2S. The van der Waals surface area contributed by atoms with Gasteiger partial charge in [0.05, 0.1) is 16.3 Å². The van der Waals surface area contributed by atoms with Gasteiger partial charge in [-0.15, -0.1) is 0 Å². The summed E-state index contributed by atoms with van der Waals surface area (Å²) in [6, 6.07) is 7.94. The van der Waals surface area contributed by atoms with Gasteiger partial charge in [0, 0.05) is 26.4 Å². The average molecular weight is 279 g/mol. The summed E-state index contributed by atoms with van der Waals surface area (Å²) in [5, 5.41) is -0.271. The fourth-order valence-electron chi connectivity index (χ4n) is 2.67. The van der Waals surface area contributed by atoms with Gasteiger partial charge in [0.25, 0.3) is 0 Å². The molecule has 1 fully saturated rings. The molecule has 1 aromatic heterocycles. The third-order valence-corrected chi connectivity index (χ3v) is 5.39. The Balaban J connectivity index is 1.96. The molecule has 19 heavy (non-hydrogen) atoms. The number of aryl methyl sites for hydroxylation is 1. The Kier molecular flexibility index (Phi) is 2.78. The molecule has 1 aliphatic rings. The van der Waals surface area contributed by atoms with Crippen LogP contribution in [-0.2, 0) is 16.9 Å². The molecule has 2 heterocycles. The Labute approximate surface area is 112 Å². The van der Waals surface area contributed by atoms with Crippen LogP contribution in [-0.4, -0.2) is 42.6 Å². The largest absolute Gasteiger partial charge is 0.341 e. The number of imidazole rings is 1. The monoisotopic (exact) mass is 279 g/mol. The van der Waals surface area contributed by atoms with Gasteiger partial charge in [-0.05, 0) is 18.6 Å². The summed E-state index contributed by atoms with van der Waals surface area (Å²) >= 11 is 0. The van der Waals surface area contributed by atoms with Crippen molar-refractivity contribution in [2.45, 2.75) is 11.7 Å². The average Bonchev–Trinajstić information content (AvgIpc) is 2.94. The number of fused-ring (bicyclic) bond motifs is 1. The van der Waals surface area contributed by atoms with E-state index in [1.807, 2.05) is 35.9 Å². The van der Waals surface area contributed by atoms with E-state index in [0.717, 1.165) is 23.5 Å². The Morgan fingerprint density at radius 3 is 2.68 bits per heavy atom. The van der Waals surface area contributed by atoms with Crippen molar-refractivity contribution in [1.29, 1.82) is 0 Å². The van der Waals surface area contributed by atoms with Crippen molar-refractivity contribution >= 4 is 26.8 Å². The molecule has 1 atom stereocenters. The van der Waals surface area contributed by atoms with E-state index in [9.17, 15) is 8.42 Å². The molecule has 3 rings (SSSR count). The van der Waals surface area contributed by atoms with E-state index in [-0.39, 0.29) is 5.25 Å². The number of rotatable bonds is 2. The first-order valence-electron chi connectivity index (χ1n) is 6.32. The minimum Gasteiger partial charge on any atom is -0.341 e. The van der Waals surface area contributed by atoms with Crippen LogP contribution in [0, 0.1) is 0 Å². The van der Waals surface area contributed by atoms with Crippen LogP contribution in [0.2, 0.25) is 0 Å². The minimum atomic E-state index is -2.97. The number of hydrogen-bond donors (Lipinski definition) is 0. The molecule has 2 aromatic rings. The van der Waals surface area contributed by atoms with Crippen LogP contribution in [0.25, 0.3) is 11.0 Å². The lowest BCUT2D eigenvalue weighted by Crippen LogP contribution is -2.27. The molecule has 1 unspecified atom stereocenters. The second-order valence-corrected chi connectivity index (χ2v) is 7.47. The highest BCUT2D eigenvalue weighted by Gasteiger charge is 2.32. The fraction of sp³-hybridized carbons (Fsp3) is 0.462. The summed E-state index contributed by atoms with van der Waals surface area (Å²) in [7, 11) is -0.994. The fourth-order valence-corrected chi connectivity index (χ4v) is 3.66. The van der Waals surface area contributed by atoms with Gasteiger partial charge in [-0.25, -0.2) is 13.4 Å². The first kappa shape index (κ1) is 12.5. The first-order chi connectivity index (χ1) is 8.97. The van der Waals surface area contributed by atoms with Gasteiger partial charge >= 0.3 is 0 Å². The van der Waals surface area contributed by atoms with E-state index in [2.05, 4.69) is 9.88 Å². The number of benzene rings is 1. The molecule has 1 aliphatic heterocycles. The summed E-state index contributed by atoms with van der Waals surface area (Å²) in [6.07, 6.45) is 2.00. The van der Waals surface area contributed by atoms with Crippen molar-refractivity contribution in [3.8, 4) is 0 Å². The molecule has 6 heteroatoms. The van der Waals surface area contributed by atoms with Crippen LogP contribution in [0.5, 0.6) is 0 Å². The third kappa shape index (κ3) is 2.10. The number of nitrogens with zero attached hydrogens (tertiary/aromatic N) is 3. The topological polar surface area (TPSA) is 55.2 Å². The van der Waals surface area contributed by atoms with Gasteiger partial charge in [0.15, 0.2) is 9.84 Å². The number of para-hydroxylation sites is 2. The van der Waals surface area contributed by atoms with Gasteiger partial charge in [-0.2, -0.15) is 0 Å². The Bertz CT molecular complexity index is 721. The van der Waals surface area contributed by atoms with E-state index >= 15 is 0 Å². The molecule has 0 N–H and O–H groups in total. The maximum Gasteiger partial charge on any atom is 0.206 e. The van der Waals surface area contributed by atoms with Gasteiger partial charge in [0.1, 0.15) is 0 Å². The van der Waals surface area contributed by atoms with Crippen molar-refractivity contribution in [3.05, 3.63) is 24.3 Å². The van der Waals surface area contributed by atoms with Crippen LogP contribution in [0.15, 0.2) is 24.3 Å². The summed E-state index contributed by atoms with van der Waals surface area (Å²) in [5.41, 5.74) is 2.02. The smallest absolute Gasteiger partial charge is 0.206 e. The first-order valence-corrected chi connectivity index (χ1v) is 8.27. The molecule has 0 saturated carbocycles. The van der Waals surface area contributed by atoms with E-state index in [0.29, 0.717) is 13.0 Å². The lowest BCUT2D eigenvalue weighted by molar-refractivity contribution is 0.589. The molecular weight excluding hydrogens is 262 g/mol. The number of aromatic nitrogens is 2. The van der Waals surface area contributed by atoms with Crippen molar-refractivity contribution < 1.29 is 8.42 Å². The van der Waals surface area contributed by atoms with E-state index in [1.165, 1.54) is 6.26 Å². The molecule has 0 bridgehead atoms. The van der Waals surface area contributed by atoms with Crippen LogP contribution < -0.4 is 4.90 Å². The number of hydrogen-bond acceptors (Lipinski definition) is 4. The van der Waals surface area contributed by atoms with Crippen molar-refractivity contribution in [3.63, 3.8) is 0 Å². The zero-order valence-electron chi connectivity index (χ0n) is 11.1. The second-order valence-electron chi connectivity index (χ2n) is 5.15. The summed E-state index contributed by atoms with van der Waals surface area (Å²) in [6.45, 7) is 1.28. The highest BCUT2D eigenvalue weighted by molar-refractivity contribution is 7.91. The molecule has 0 spiro atoms. The van der Waals surface area contributed by atoms with Gasteiger partial charge in [0.2, 0.25) is 5.95 Å². The standard InChI is InChI=1S/C13H17N3O2S/c1-15-12-6-4-3-5-11(12)14-13(15)16-8-7-10(9-16)19(2,17)18/h3-6,10H,7-9H2,1-2H3. The lowest BCUT2D eigenvalue weighted by Gasteiger charge is -2.17. The van der Waals surface area contributed by atoms with Crippen LogP contribution >= 0.6 is 0 Å². The predicted molar refractivity (Wildman–Crippen MR) is 76.2 cm³/mol. The zero-order chi connectivity index (χ0) is 13.6. The Morgan fingerprint density at radius 2 is 2.05 bits per heavy atom. The van der Waals surface area contributed by atoms with Crippen molar-refractivity contribution in [1.82, 2.24) is 9.55 Å². The van der Waals surface area contributed by atoms with Gasteiger partial charge in [-0.3, -0.25) is 0 Å². The quantitative estimate of drug-likeness (QED) is 0.829. The molecule has 1 aromatic carbocycles. The third-order valence-electron chi connectivity index (χ3n) is 3.80. The maximum absolute atomic E-state index is 11.6. The predicted octanol–water partition coefficient (Wildman–Crippen LogP) is 1.20. The molecule has 102 valence electrons. The minimum absolute atomic E-state index is 0.271. The van der Waals surface area contributed by atoms with E-state index in [1.54, 1.807) is 0 Å². The summed E-state index contributed by atoms with van der Waals surface area (Å²) in [4.78, 5) is 6.67. The zero-order valence-corrected chi connectivity index (χ0v) is 11.9. The number of sulfone groups is 1. The Hall–Kier alpha value is -1.56. The lowest BCUT2D eigenvalue weighted by atomic mass is 10.3.